The molecule has 5 rings (SSSR count). The summed E-state index contributed by atoms with van der Waals surface area (Å²) in [5.74, 6) is 3.96. The Morgan fingerprint density at radius 3 is 2.28 bits per heavy atom. The van der Waals surface area contributed by atoms with Gasteiger partial charge in [-0.2, -0.15) is 0 Å². The van der Waals surface area contributed by atoms with Crippen molar-refractivity contribution < 1.29 is 4.74 Å². The molecule has 0 atom stereocenters. The Kier molecular flexibility index (Phi) is 2.27. The molecule has 1 aromatic carbocycles. The highest BCUT2D eigenvalue weighted by Gasteiger charge is 2.52. The van der Waals surface area contributed by atoms with Crippen molar-refractivity contribution >= 4 is 0 Å². The maximum atomic E-state index is 5.58. The SMILES string of the molecule is COc1[c]cccc1C12CC3CC(CC(C3)C1)C2. The third kappa shape index (κ3) is 1.46. The monoisotopic (exact) mass is 241 g/mol. The van der Waals surface area contributed by atoms with Crippen molar-refractivity contribution in [3.63, 3.8) is 0 Å². The Morgan fingerprint density at radius 2 is 1.72 bits per heavy atom. The molecule has 0 spiro atoms. The second-order valence-corrected chi connectivity index (χ2v) is 6.81. The van der Waals surface area contributed by atoms with Gasteiger partial charge in [-0.1, -0.05) is 18.2 Å². The number of hydrogen-bond donors (Lipinski definition) is 0. The van der Waals surface area contributed by atoms with Crippen LogP contribution in [0, 0.1) is 23.8 Å². The summed E-state index contributed by atoms with van der Waals surface area (Å²) in [6.07, 6.45) is 8.68. The third-order valence-electron chi connectivity index (χ3n) is 5.63. The van der Waals surface area contributed by atoms with Gasteiger partial charge in [0.1, 0.15) is 5.75 Å². The summed E-state index contributed by atoms with van der Waals surface area (Å²) in [6.45, 7) is 0. The number of ether oxygens (including phenoxy) is 1. The van der Waals surface area contributed by atoms with Gasteiger partial charge in [0.05, 0.1) is 7.11 Å². The van der Waals surface area contributed by atoms with Gasteiger partial charge in [0.2, 0.25) is 0 Å². The van der Waals surface area contributed by atoms with Gasteiger partial charge in [0.25, 0.3) is 0 Å². The number of methoxy groups -OCH3 is 1. The van der Waals surface area contributed by atoms with Gasteiger partial charge < -0.3 is 4.74 Å². The molecule has 4 aliphatic carbocycles. The van der Waals surface area contributed by atoms with Gasteiger partial charge >= 0.3 is 0 Å². The zero-order chi connectivity index (χ0) is 12.2. The van der Waals surface area contributed by atoms with E-state index in [1.165, 1.54) is 44.1 Å². The number of benzene rings is 1. The van der Waals surface area contributed by atoms with Crippen molar-refractivity contribution in [2.75, 3.05) is 7.11 Å². The molecule has 0 saturated heterocycles. The van der Waals surface area contributed by atoms with Crippen molar-refractivity contribution in [3.05, 3.63) is 29.8 Å². The zero-order valence-corrected chi connectivity index (χ0v) is 11.1. The van der Waals surface area contributed by atoms with Crippen molar-refractivity contribution in [1.29, 1.82) is 0 Å². The largest absolute Gasteiger partial charge is 0.496 e. The molecule has 4 aliphatic rings. The average molecular weight is 241 g/mol. The van der Waals surface area contributed by atoms with E-state index >= 15 is 0 Å². The molecule has 0 amide bonds. The van der Waals surface area contributed by atoms with E-state index in [-0.39, 0.29) is 0 Å². The van der Waals surface area contributed by atoms with Crippen LogP contribution in [0.25, 0.3) is 0 Å². The summed E-state index contributed by atoms with van der Waals surface area (Å²) in [5, 5.41) is 0. The molecule has 0 heterocycles. The Balaban J connectivity index is 1.79. The first-order valence-corrected chi connectivity index (χ1v) is 7.34. The Labute approximate surface area is 110 Å². The van der Waals surface area contributed by atoms with Crippen LogP contribution >= 0.6 is 0 Å². The van der Waals surface area contributed by atoms with Crippen molar-refractivity contribution in [1.82, 2.24) is 0 Å². The lowest BCUT2D eigenvalue weighted by molar-refractivity contribution is -0.00616. The van der Waals surface area contributed by atoms with Crippen LogP contribution < -0.4 is 4.74 Å². The first-order chi connectivity index (χ1) is 8.79. The van der Waals surface area contributed by atoms with E-state index in [0.717, 1.165) is 23.5 Å². The lowest BCUT2D eigenvalue weighted by Crippen LogP contribution is -2.48. The molecular weight excluding hydrogens is 220 g/mol. The van der Waals surface area contributed by atoms with Crippen LogP contribution in [0.3, 0.4) is 0 Å². The van der Waals surface area contributed by atoms with Crippen molar-refractivity contribution in [2.45, 2.75) is 43.9 Å². The lowest BCUT2D eigenvalue weighted by atomic mass is 9.48. The molecular formula is C17H21O. The smallest absolute Gasteiger partial charge is 0.130 e. The van der Waals surface area contributed by atoms with Crippen molar-refractivity contribution in [2.24, 2.45) is 17.8 Å². The second-order valence-electron chi connectivity index (χ2n) is 6.81. The maximum Gasteiger partial charge on any atom is 0.130 e. The fourth-order valence-electron chi connectivity index (χ4n) is 5.45. The van der Waals surface area contributed by atoms with Gasteiger partial charge in [-0.3, -0.25) is 0 Å². The van der Waals surface area contributed by atoms with Crippen LogP contribution in [-0.2, 0) is 5.41 Å². The quantitative estimate of drug-likeness (QED) is 0.761. The Hall–Kier alpha value is -0.980. The Bertz CT molecular complexity index is 427. The first-order valence-electron chi connectivity index (χ1n) is 7.34. The zero-order valence-electron chi connectivity index (χ0n) is 11.1. The first kappa shape index (κ1) is 10.9. The standard InChI is InChI=1S/C17H21O/c1-18-16-5-3-2-4-15(16)17-9-12-6-13(10-17)8-14(7-12)11-17/h2-4,12-14H,6-11H2,1H3. The van der Waals surface area contributed by atoms with Gasteiger partial charge in [-0.05, 0) is 61.7 Å². The summed E-state index contributed by atoms with van der Waals surface area (Å²) in [6, 6.07) is 9.69. The highest BCUT2D eigenvalue weighted by atomic mass is 16.5. The molecule has 4 saturated carbocycles. The van der Waals surface area contributed by atoms with Crippen molar-refractivity contribution in [3.8, 4) is 5.75 Å². The van der Waals surface area contributed by atoms with Crippen LogP contribution in [0.4, 0.5) is 0 Å². The third-order valence-corrected chi connectivity index (χ3v) is 5.63. The van der Waals surface area contributed by atoms with Crippen LogP contribution in [0.2, 0.25) is 0 Å². The number of rotatable bonds is 2. The summed E-state index contributed by atoms with van der Waals surface area (Å²) < 4.78 is 5.58. The van der Waals surface area contributed by atoms with E-state index < -0.39 is 0 Å². The minimum absolute atomic E-state index is 0.428. The number of para-hydroxylation sites is 1. The molecule has 0 unspecified atom stereocenters. The van der Waals surface area contributed by atoms with E-state index in [4.69, 9.17) is 4.74 Å². The normalized spacial score (nSPS) is 41.1. The topological polar surface area (TPSA) is 9.23 Å². The highest BCUT2D eigenvalue weighted by Crippen LogP contribution is 2.61. The second kappa shape index (κ2) is 3.76. The van der Waals surface area contributed by atoms with Crippen LogP contribution in [0.15, 0.2) is 18.2 Å². The Morgan fingerprint density at radius 1 is 1.11 bits per heavy atom. The van der Waals surface area contributed by atoms with Crippen LogP contribution in [0.5, 0.6) is 5.75 Å². The van der Waals surface area contributed by atoms with E-state index in [9.17, 15) is 0 Å². The summed E-state index contributed by atoms with van der Waals surface area (Å²) in [5.41, 5.74) is 1.88. The molecule has 1 nitrogen and oxygen atoms in total. The average Bonchev–Trinajstić information content (AvgIpc) is 2.37. The minimum Gasteiger partial charge on any atom is -0.496 e. The molecule has 1 heteroatoms. The van der Waals surface area contributed by atoms with E-state index in [1.54, 1.807) is 7.11 Å². The molecule has 4 bridgehead atoms. The lowest BCUT2D eigenvalue weighted by Gasteiger charge is -2.57. The molecule has 4 fully saturated rings. The minimum atomic E-state index is 0.428. The van der Waals surface area contributed by atoms with Gasteiger partial charge in [0, 0.05) is 11.6 Å². The summed E-state index contributed by atoms with van der Waals surface area (Å²) in [7, 11) is 1.79. The molecule has 0 aromatic heterocycles. The van der Waals surface area contributed by atoms with Crippen LogP contribution in [0.1, 0.15) is 44.1 Å². The molecule has 95 valence electrons. The highest BCUT2D eigenvalue weighted by molar-refractivity contribution is 5.40. The molecule has 1 radical (unpaired) electrons. The molecule has 1 aromatic rings. The predicted octanol–water partition coefficient (Wildman–Crippen LogP) is 3.96. The van der Waals surface area contributed by atoms with E-state index in [0.29, 0.717) is 5.41 Å². The number of hydrogen-bond acceptors (Lipinski definition) is 1. The van der Waals surface area contributed by atoms with Crippen LogP contribution in [-0.4, -0.2) is 7.11 Å². The van der Waals surface area contributed by atoms with E-state index in [2.05, 4.69) is 18.2 Å². The van der Waals surface area contributed by atoms with E-state index in [1.807, 2.05) is 6.07 Å². The molecule has 18 heavy (non-hydrogen) atoms. The summed E-state index contributed by atoms with van der Waals surface area (Å²) in [4.78, 5) is 0. The maximum absolute atomic E-state index is 5.58. The predicted molar refractivity (Wildman–Crippen MR) is 71.7 cm³/mol. The van der Waals surface area contributed by atoms with Gasteiger partial charge in [-0.15, -0.1) is 0 Å². The molecule has 0 N–H and O–H groups in total. The molecule has 0 aliphatic heterocycles. The fraction of sp³-hybridized carbons (Fsp3) is 0.647. The fourth-order valence-corrected chi connectivity index (χ4v) is 5.45. The summed E-state index contributed by atoms with van der Waals surface area (Å²) >= 11 is 0. The van der Waals surface area contributed by atoms with Gasteiger partial charge in [0.15, 0.2) is 0 Å². The van der Waals surface area contributed by atoms with Gasteiger partial charge in [-0.25, -0.2) is 0 Å².